The van der Waals surface area contributed by atoms with Crippen molar-refractivity contribution in [2.24, 2.45) is 0 Å². The summed E-state index contributed by atoms with van der Waals surface area (Å²) in [5.41, 5.74) is 0. The Bertz CT molecular complexity index is 168. The smallest absolute Gasteiger partial charge is 0.0887 e. The summed E-state index contributed by atoms with van der Waals surface area (Å²) in [6, 6.07) is 0.979. The molecule has 0 radical (unpaired) electrons. The van der Waals surface area contributed by atoms with Crippen LogP contribution in [0, 0.1) is 0 Å². The van der Waals surface area contributed by atoms with Gasteiger partial charge in [0.05, 0.1) is 25.7 Å². The zero-order valence-electron chi connectivity index (χ0n) is 11.8. The van der Waals surface area contributed by atoms with Crippen LogP contribution in [-0.2, 0) is 0 Å². The van der Waals surface area contributed by atoms with Crippen molar-refractivity contribution in [1.29, 1.82) is 0 Å². The molecule has 1 nitrogen and oxygen atoms in total. The highest BCUT2D eigenvalue weighted by molar-refractivity contribution is 4.66. The van der Waals surface area contributed by atoms with Crippen molar-refractivity contribution in [3.05, 3.63) is 0 Å². The average Bonchev–Trinajstić information content (AvgIpc) is 2.34. The molecule has 1 atom stereocenters. The molecule has 1 heteroatoms. The maximum absolute atomic E-state index is 2.40. The fourth-order valence-corrected chi connectivity index (χ4v) is 3.50. The number of unbranched alkanes of at least 4 members (excludes halogenated alkanes) is 2. The second kappa shape index (κ2) is 7.32. The molecule has 0 amide bonds. The van der Waals surface area contributed by atoms with Gasteiger partial charge in [0.2, 0.25) is 0 Å². The van der Waals surface area contributed by atoms with Crippen molar-refractivity contribution in [2.75, 3.05) is 19.6 Å². The minimum absolute atomic E-state index is 0.979. The second-order valence-corrected chi connectivity index (χ2v) is 5.65. The summed E-state index contributed by atoms with van der Waals surface area (Å²) in [6.45, 7) is 11.5. The molecule has 0 spiro atoms. The molecule has 96 valence electrons. The first kappa shape index (κ1) is 14.0. The molecule has 1 heterocycles. The van der Waals surface area contributed by atoms with Crippen LogP contribution in [0.2, 0.25) is 0 Å². The molecule has 0 aromatic heterocycles. The van der Waals surface area contributed by atoms with Crippen LogP contribution >= 0.6 is 0 Å². The van der Waals surface area contributed by atoms with Gasteiger partial charge in [-0.25, -0.2) is 0 Å². The lowest BCUT2D eigenvalue weighted by Crippen LogP contribution is -2.58. The average molecular weight is 226 g/mol. The molecule has 0 bridgehead atoms. The topological polar surface area (TPSA) is 0 Å². The zero-order valence-corrected chi connectivity index (χ0v) is 11.8. The normalized spacial score (nSPS) is 24.6. The number of hydrogen-bond acceptors (Lipinski definition) is 0. The van der Waals surface area contributed by atoms with Crippen molar-refractivity contribution in [3.8, 4) is 0 Å². The van der Waals surface area contributed by atoms with Crippen LogP contribution in [0.25, 0.3) is 0 Å². The van der Waals surface area contributed by atoms with Crippen LogP contribution < -0.4 is 0 Å². The molecular weight excluding hydrogens is 194 g/mol. The zero-order chi connectivity index (χ0) is 11.9. The van der Waals surface area contributed by atoms with Gasteiger partial charge in [0.25, 0.3) is 0 Å². The van der Waals surface area contributed by atoms with E-state index in [0.717, 1.165) is 6.04 Å². The molecule has 0 aliphatic carbocycles. The fraction of sp³-hybridized carbons (Fsp3) is 1.00. The van der Waals surface area contributed by atoms with Gasteiger partial charge >= 0.3 is 0 Å². The molecule has 1 saturated heterocycles. The number of rotatable bonds is 7. The van der Waals surface area contributed by atoms with Crippen LogP contribution in [0.5, 0.6) is 0 Å². The van der Waals surface area contributed by atoms with E-state index in [2.05, 4.69) is 20.8 Å². The lowest BCUT2D eigenvalue weighted by Gasteiger charge is -2.48. The summed E-state index contributed by atoms with van der Waals surface area (Å²) in [5, 5.41) is 0. The first-order valence-electron chi connectivity index (χ1n) is 7.64. The first-order chi connectivity index (χ1) is 7.79. The highest BCUT2D eigenvalue weighted by Gasteiger charge is 2.36. The quantitative estimate of drug-likeness (QED) is 0.566. The molecule has 1 aliphatic rings. The van der Waals surface area contributed by atoms with Crippen LogP contribution in [0.15, 0.2) is 0 Å². The lowest BCUT2D eigenvalue weighted by atomic mass is 9.94. The molecule has 1 aliphatic heterocycles. The van der Waals surface area contributed by atoms with Crippen molar-refractivity contribution in [1.82, 2.24) is 0 Å². The molecule has 0 N–H and O–H groups in total. The van der Waals surface area contributed by atoms with Gasteiger partial charge in [0.1, 0.15) is 0 Å². The van der Waals surface area contributed by atoms with E-state index in [1.165, 1.54) is 75.5 Å². The third-order valence-electron chi connectivity index (χ3n) is 4.55. The Labute approximate surface area is 103 Å². The van der Waals surface area contributed by atoms with Gasteiger partial charge < -0.3 is 4.48 Å². The van der Waals surface area contributed by atoms with Crippen molar-refractivity contribution in [2.45, 2.75) is 78.2 Å². The number of piperidine rings is 1. The van der Waals surface area contributed by atoms with E-state index in [1.54, 1.807) is 0 Å². The van der Waals surface area contributed by atoms with Crippen molar-refractivity contribution >= 4 is 0 Å². The van der Waals surface area contributed by atoms with E-state index in [-0.39, 0.29) is 0 Å². The fourth-order valence-electron chi connectivity index (χ4n) is 3.50. The molecular formula is C15H32N+. The van der Waals surface area contributed by atoms with Gasteiger partial charge in [-0.05, 0) is 38.5 Å². The highest BCUT2D eigenvalue weighted by Crippen LogP contribution is 2.29. The van der Waals surface area contributed by atoms with Crippen LogP contribution in [0.3, 0.4) is 0 Å². The van der Waals surface area contributed by atoms with Crippen LogP contribution in [0.4, 0.5) is 0 Å². The third kappa shape index (κ3) is 3.48. The van der Waals surface area contributed by atoms with Gasteiger partial charge in [0.15, 0.2) is 0 Å². The Balaban J connectivity index is 2.63. The van der Waals surface area contributed by atoms with Gasteiger partial charge in [-0.3, -0.25) is 0 Å². The van der Waals surface area contributed by atoms with E-state index >= 15 is 0 Å². The van der Waals surface area contributed by atoms with Crippen LogP contribution in [0.1, 0.15) is 72.1 Å². The van der Waals surface area contributed by atoms with Gasteiger partial charge in [0, 0.05) is 0 Å². The maximum Gasteiger partial charge on any atom is 0.0887 e. The molecule has 0 aromatic carbocycles. The number of quaternary nitrogens is 1. The summed E-state index contributed by atoms with van der Waals surface area (Å²) >= 11 is 0. The summed E-state index contributed by atoms with van der Waals surface area (Å²) in [6.07, 6.45) is 11.4. The summed E-state index contributed by atoms with van der Waals surface area (Å²) in [7, 11) is 0. The third-order valence-corrected chi connectivity index (χ3v) is 4.55. The van der Waals surface area contributed by atoms with E-state index in [9.17, 15) is 0 Å². The summed E-state index contributed by atoms with van der Waals surface area (Å²) in [4.78, 5) is 0. The van der Waals surface area contributed by atoms with Crippen LogP contribution in [-0.4, -0.2) is 30.2 Å². The molecule has 1 unspecified atom stereocenters. The Morgan fingerprint density at radius 1 is 0.938 bits per heavy atom. The Hall–Kier alpha value is -0.0400. The summed E-state index contributed by atoms with van der Waals surface area (Å²) < 4.78 is 1.47. The SMILES string of the molecule is CCCC[N+]1(CCCC)CCCCC1CC. The van der Waals surface area contributed by atoms with Gasteiger partial charge in [-0.2, -0.15) is 0 Å². The number of likely N-dealkylation sites (tertiary alicyclic amines) is 1. The monoisotopic (exact) mass is 226 g/mol. The predicted octanol–water partition coefficient (Wildman–Crippen LogP) is 4.37. The number of hydrogen-bond donors (Lipinski definition) is 0. The molecule has 0 aromatic rings. The molecule has 0 saturated carbocycles. The molecule has 1 fully saturated rings. The Morgan fingerprint density at radius 2 is 1.56 bits per heavy atom. The minimum Gasteiger partial charge on any atom is -0.321 e. The second-order valence-electron chi connectivity index (χ2n) is 5.65. The lowest BCUT2D eigenvalue weighted by molar-refractivity contribution is -0.956. The van der Waals surface area contributed by atoms with Gasteiger partial charge in [-0.1, -0.05) is 33.6 Å². The van der Waals surface area contributed by atoms with E-state index in [1.807, 2.05) is 0 Å². The van der Waals surface area contributed by atoms with E-state index in [0.29, 0.717) is 0 Å². The standard InChI is InChI=1S/C15H32N/c1-4-7-12-16(13-8-5-2)14-10-9-11-15(16)6-3/h15H,4-14H2,1-3H3/q+1. The molecule has 16 heavy (non-hydrogen) atoms. The highest BCUT2D eigenvalue weighted by atomic mass is 15.4. The first-order valence-corrected chi connectivity index (χ1v) is 7.64. The van der Waals surface area contributed by atoms with E-state index in [4.69, 9.17) is 0 Å². The minimum atomic E-state index is 0.979. The summed E-state index contributed by atoms with van der Waals surface area (Å²) in [5.74, 6) is 0. The largest absolute Gasteiger partial charge is 0.321 e. The molecule has 1 rings (SSSR count). The Morgan fingerprint density at radius 3 is 2.06 bits per heavy atom. The number of nitrogens with zero attached hydrogens (tertiary/aromatic N) is 1. The Kier molecular flexibility index (Phi) is 6.41. The van der Waals surface area contributed by atoms with E-state index < -0.39 is 0 Å². The van der Waals surface area contributed by atoms with Gasteiger partial charge in [-0.15, -0.1) is 0 Å². The predicted molar refractivity (Wildman–Crippen MR) is 72.6 cm³/mol. The van der Waals surface area contributed by atoms with Crippen molar-refractivity contribution in [3.63, 3.8) is 0 Å². The van der Waals surface area contributed by atoms with Crippen molar-refractivity contribution < 1.29 is 4.48 Å². The maximum atomic E-state index is 2.40.